The minimum absolute atomic E-state index is 0.754. The van der Waals surface area contributed by atoms with Gasteiger partial charge in [-0.15, -0.1) is 0 Å². The molecule has 2 heterocycles. The van der Waals surface area contributed by atoms with E-state index in [0.29, 0.717) is 0 Å². The summed E-state index contributed by atoms with van der Waals surface area (Å²) >= 11 is 5.99. The Morgan fingerprint density at radius 1 is 1.04 bits per heavy atom. The van der Waals surface area contributed by atoms with Crippen LogP contribution in [0.2, 0.25) is 5.02 Å². The molecule has 116 valence electrons. The zero-order valence-electron chi connectivity index (χ0n) is 12.8. The van der Waals surface area contributed by atoms with Crippen LogP contribution in [-0.2, 0) is 19.5 Å². The molecule has 0 saturated carbocycles. The quantitative estimate of drug-likeness (QED) is 0.779. The molecule has 1 N–H and O–H groups in total. The molecule has 0 spiro atoms. The van der Waals surface area contributed by atoms with Crippen LogP contribution in [0.1, 0.15) is 16.8 Å². The number of nitrogens with one attached hydrogen (secondary N) is 1. The minimum Gasteiger partial charge on any atom is -0.294 e. The van der Waals surface area contributed by atoms with Crippen LogP contribution >= 0.6 is 11.6 Å². The topological polar surface area (TPSA) is 31.9 Å². The number of rotatable bonds is 3. The maximum atomic E-state index is 5.99. The van der Waals surface area contributed by atoms with Gasteiger partial charge in [-0.2, -0.15) is 5.10 Å². The number of benzene rings is 2. The molecule has 3 nitrogen and oxygen atoms in total. The van der Waals surface area contributed by atoms with E-state index in [4.69, 9.17) is 11.6 Å². The van der Waals surface area contributed by atoms with E-state index < -0.39 is 0 Å². The summed E-state index contributed by atoms with van der Waals surface area (Å²) in [5.74, 6) is 0. The predicted octanol–water partition coefficient (Wildman–Crippen LogP) is 4.29. The SMILES string of the molecule is Clc1ccc(-c2n[nH]c3c2CN(Cc2ccccc2)CC3)cc1. The number of nitrogens with zero attached hydrogens (tertiary/aromatic N) is 2. The molecule has 0 atom stereocenters. The van der Waals surface area contributed by atoms with E-state index in [9.17, 15) is 0 Å². The average Bonchev–Trinajstić information content (AvgIpc) is 3.00. The first-order valence-corrected chi connectivity index (χ1v) is 8.26. The number of aromatic amines is 1. The molecule has 0 amide bonds. The molecule has 0 aliphatic carbocycles. The lowest BCUT2D eigenvalue weighted by Gasteiger charge is -2.27. The van der Waals surface area contributed by atoms with Gasteiger partial charge in [-0.25, -0.2) is 0 Å². The second-order valence-electron chi connectivity index (χ2n) is 5.98. The van der Waals surface area contributed by atoms with Gasteiger partial charge in [0.2, 0.25) is 0 Å². The first-order chi connectivity index (χ1) is 11.3. The standard InChI is InChI=1S/C19H18ClN3/c20-16-8-6-15(7-9-16)19-17-13-23(11-10-18(17)21-22-19)12-14-4-2-1-3-5-14/h1-9H,10-13H2,(H,21,22). The van der Waals surface area contributed by atoms with Crippen molar-refractivity contribution in [1.82, 2.24) is 15.1 Å². The average molecular weight is 324 g/mol. The third-order valence-electron chi connectivity index (χ3n) is 4.38. The molecule has 1 aliphatic rings. The van der Waals surface area contributed by atoms with Crippen LogP contribution < -0.4 is 0 Å². The van der Waals surface area contributed by atoms with Gasteiger partial charge in [0, 0.05) is 47.9 Å². The summed E-state index contributed by atoms with van der Waals surface area (Å²) in [5.41, 5.74) is 6.10. The van der Waals surface area contributed by atoms with Gasteiger partial charge in [-0.1, -0.05) is 54.1 Å². The largest absolute Gasteiger partial charge is 0.294 e. The molecular formula is C19H18ClN3. The van der Waals surface area contributed by atoms with Crippen LogP contribution in [0.5, 0.6) is 0 Å². The zero-order chi connectivity index (χ0) is 15.6. The minimum atomic E-state index is 0.754. The second-order valence-corrected chi connectivity index (χ2v) is 6.42. The van der Waals surface area contributed by atoms with Crippen molar-refractivity contribution in [2.45, 2.75) is 19.5 Å². The maximum absolute atomic E-state index is 5.99. The van der Waals surface area contributed by atoms with Gasteiger partial charge in [0.1, 0.15) is 0 Å². The highest BCUT2D eigenvalue weighted by Crippen LogP contribution is 2.29. The van der Waals surface area contributed by atoms with Crippen LogP contribution in [0, 0.1) is 0 Å². The van der Waals surface area contributed by atoms with Gasteiger partial charge in [-0.3, -0.25) is 10.00 Å². The van der Waals surface area contributed by atoms with E-state index in [1.807, 2.05) is 24.3 Å². The zero-order valence-corrected chi connectivity index (χ0v) is 13.6. The first kappa shape index (κ1) is 14.5. The Morgan fingerprint density at radius 2 is 1.83 bits per heavy atom. The fourth-order valence-corrected chi connectivity index (χ4v) is 3.30. The first-order valence-electron chi connectivity index (χ1n) is 7.88. The van der Waals surface area contributed by atoms with Crippen LogP contribution in [-0.4, -0.2) is 21.6 Å². The van der Waals surface area contributed by atoms with E-state index in [1.165, 1.54) is 16.8 Å². The molecule has 0 fully saturated rings. The van der Waals surface area contributed by atoms with Crippen molar-refractivity contribution in [2.24, 2.45) is 0 Å². The molecule has 0 unspecified atom stereocenters. The highest BCUT2D eigenvalue weighted by Gasteiger charge is 2.22. The molecule has 4 rings (SSSR count). The third-order valence-corrected chi connectivity index (χ3v) is 4.63. The molecule has 23 heavy (non-hydrogen) atoms. The van der Waals surface area contributed by atoms with Crippen LogP contribution in [0.3, 0.4) is 0 Å². The Morgan fingerprint density at radius 3 is 2.61 bits per heavy atom. The van der Waals surface area contributed by atoms with Crippen molar-refractivity contribution in [1.29, 1.82) is 0 Å². The van der Waals surface area contributed by atoms with Crippen molar-refractivity contribution >= 4 is 11.6 Å². The Bertz CT molecular complexity index is 793. The highest BCUT2D eigenvalue weighted by atomic mass is 35.5. The number of fused-ring (bicyclic) bond motifs is 1. The highest BCUT2D eigenvalue weighted by molar-refractivity contribution is 6.30. The smallest absolute Gasteiger partial charge is 0.0968 e. The van der Waals surface area contributed by atoms with Crippen LogP contribution in [0.4, 0.5) is 0 Å². The third kappa shape index (κ3) is 3.03. The summed E-state index contributed by atoms with van der Waals surface area (Å²) in [6, 6.07) is 18.5. The molecule has 0 radical (unpaired) electrons. The Balaban J connectivity index is 1.59. The number of aromatic nitrogens is 2. The van der Waals surface area contributed by atoms with Crippen molar-refractivity contribution in [3.8, 4) is 11.3 Å². The second kappa shape index (κ2) is 6.19. The fraction of sp³-hybridized carbons (Fsp3) is 0.211. The number of halogens is 1. The summed E-state index contributed by atoms with van der Waals surface area (Å²) in [7, 11) is 0. The Labute approximate surface area is 140 Å². The van der Waals surface area contributed by atoms with Gasteiger partial charge in [0.25, 0.3) is 0 Å². The van der Waals surface area contributed by atoms with Gasteiger partial charge < -0.3 is 0 Å². The van der Waals surface area contributed by atoms with Crippen LogP contribution in [0.25, 0.3) is 11.3 Å². The van der Waals surface area contributed by atoms with E-state index >= 15 is 0 Å². The van der Waals surface area contributed by atoms with E-state index in [0.717, 1.165) is 42.3 Å². The summed E-state index contributed by atoms with van der Waals surface area (Å²) in [4.78, 5) is 2.48. The normalized spacial score (nSPS) is 14.7. The summed E-state index contributed by atoms with van der Waals surface area (Å²) in [6.07, 6.45) is 1.02. The van der Waals surface area contributed by atoms with Gasteiger partial charge in [-0.05, 0) is 17.7 Å². The molecule has 3 aromatic rings. The molecule has 2 aromatic carbocycles. The fourth-order valence-electron chi connectivity index (χ4n) is 3.17. The lowest BCUT2D eigenvalue weighted by atomic mass is 10.0. The molecule has 1 aliphatic heterocycles. The Hall–Kier alpha value is -2.10. The lowest BCUT2D eigenvalue weighted by molar-refractivity contribution is 0.245. The van der Waals surface area contributed by atoms with Crippen LogP contribution in [0.15, 0.2) is 54.6 Å². The molecular weight excluding hydrogens is 306 g/mol. The lowest BCUT2D eigenvalue weighted by Crippen LogP contribution is -2.29. The van der Waals surface area contributed by atoms with Crippen molar-refractivity contribution in [3.63, 3.8) is 0 Å². The summed E-state index contributed by atoms with van der Waals surface area (Å²) in [5, 5.41) is 8.51. The van der Waals surface area contributed by atoms with Gasteiger partial charge >= 0.3 is 0 Å². The molecule has 4 heteroatoms. The molecule has 1 aromatic heterocycles. The number of H-pyrrole nitrogens is 1. The summed E-state index contributed by atoms with van der Waals surface area (Å²) in [6.45, 7) is 2.97. The van der Waals surface area contributed by atoms with Gasteiger partial charge in [0.15, 0.2) is 0 Å². The van der Waals surface area contributed by atoms with Crippen molar-refractivity contribution in [3.05, 3.63) is 76.4 Å². The van der Waals surface area contributed by atoms with Crippen molar-refractivity contribution < 1.29 is 0 Å². The number of hydrogen-bond acceptors (Lipinski definition) is 2. The van der Waals surface area contributed by atoms with Gasteiger partial charge in [0.05, 0.1) is 5.69 Å². The summed E-state index contributed by atoms with van der Waals surface area (Å²) < 4.78 is 0. The molecule has 0 saturated heterocycles. The monoisotopic (exact) mass is 323 g/mol. The van der Waals surface area contributed by atoms with E-state index in [-0.39, 0.29) is 0 Å². The Kier molecular flexibility index (Phi) is 3.90. The van der Waals surface area contributed by atoms with E-state index in [2.05, 4.69) is 45.4 Å². The maximum Gasteiger partial charge on any atom is 0.0968 e. The predicted molar refractivity (Wildman–Crippen MR) is 93.3 cm³/mol. The number of hydrogen-bond donors (Lipinski definition) is 1. The molecule has 0 bridgehead atoms. The van der Waals surface area contributed by atoms with E-state index in [1.54, 1.807) is 0 Å². The van der Waals surface area contributed by atoms with Crippen molar-refractivity contribution in [2.75, 3.05) is 6.54 Å².